The van der Waals surface area contributed by atoms with Gasteiger partial charge in [0.2, 0.25) is 0 Å². The summed E-state index contributed by atoms with van der Waals surface area (Å²) < 4.78 is 44.0. The summed E-state index contributed by atoms with van der Waals surface area (Å²) in [4.78, 5) is 26.7. The zero-order chi connectivity index (χ0) is 24.3. The van der Waals surface area contributed by atoms with Gasteiger partial charge < -0.3 is 19.1 Å². The average molecular weight is 489 g/mol. The van der Waals surface area contributed by atoms with Crippen LogP contribution in [0.4, 0.5) is 5.69 Å². The van der Waals surface area contributed by atoms with Gasteiger partial charge in [0.15, 0.2) is 18.1 Å². The Morgan fingerprint density at radius 1 is 1.00 bits per heavy atom. The van der Waals surface area contributed by atoms with Crippen LogP contribution in [0.25, 0.3) is 0 Å². The van der Waals surface area contributed by atoms with Crippen molar-refractivity contribution in [1.82, 2.24) is 4.90 Å². The number of fused-ring (bicyclic) bond motifs is 1. The summed E-state index contributed by atoms with van der Waals surface area (Å²) in [5.41, 5.74) is 0.494. The molecule has 2 aromatic rings. The fraction of sp³-hybridized carbons (Fsp3) is 0.417. The molecule has 2 atom stereocenters. The Hall–Kier alpha value is -3.27. The van der Waals surface area contributed by atoms with E-state index in [9.17, 15) is 18.0 Å². The Balaban J connectivity index is 1.36. The SMILES string of the molecule is CC1CCCC(C)N1C(=O)COC(=O)c1ccc(NS(=O)(=O)c2ccc3c(c2)OCCO3)cc1. The summed E-state index contributed by atoms with van der Waals surface area (Å²) in [6.45, 7) is 4.44. The molecule has 1 amide bonds. The molecular weight excluding hydrogens is 460 g/mol. The largest absolute Gasteiger partial charge is 0.486 e. The molecule has 34 heavy (non-hydrogen) atoms. The number of carbonyl (C=O) groups is 2. The Morgan fingerprint density at radius 2 is 1.65 bits per heavy atom. The molecule has 0 radical (unpaired) electrons. The molecule has 10 heteroatoms. The Kier molecular flexibility index (Phi) is 6.97. The van der Waals surface area contributed by atoms with E-state index in [1.165, 1.54) is 36.4 Å². The Morgan fingerprint density at radius 3 is 2.32 bits per heavy atom. The van der Waals surface area contributed by atoms with E-state index in [-0.39, 0.29) is 40.7 Å². The van der Waals surface area contributed by atoms with Crippen molar-refractivity contribution in [2.45, 2.75) is 50.1 Å². The number of rotatable bonds is 6. The van der Waals surface area contributed by atoms with Gasteiger partial charge in [0.25, 0.3) is 15.9 Å². The molecule has 2 aliphatic rings. The number of ether oxygens (including phenoxy) is 3. The molecule has 1 saturated heterocycles. The number of amides is 1. The smallest absolute Gasteiger partial charge is 0.338 e. The van der Waals surface area contributed by atoms with Crippen LogP contribution in [-0.4, -0.2) is 57.1 Å². The number of sulfonamides is 1. The number of nitrogens with one attached hydrogen (secondary N) is 1. The highest BCUT2D eigenvalue weighted by Gasteiger charge is 2.29. The normalized spacial score (nSPS) is 19.9. The van der Waals surface area contributed by atoms with Crippen LogP contribution in [0.15, 0.2) is 47.4 Å². The maximum absolute atomic E-state index is 12.7. The predicted molar refractivity (Wildman–Crippen MR) is 125 cm³/mol. The van der Waals surface area contributed by atoms with Gasteiger partial charge in [0, 0.05) is 23.8 Å². The highest BCUT2D eigenvalue weighted by atomic mass is 32.2. The third kappa shape index (κ3) is 5.27. The molecule has 2 aromatic carbocycles. The van der Waals surface area contributed by atoms with Crippen molar-refractivity contribution in [3.8, 4) is 11.5 Å². The van der Waals surface area contributed by atoms with Crippen LogP contribution in [0.3, 0.4) is 0 Å². The number of carbonyl (C=O) groups excluding carboxylic acids is 2. The van der Waals surface area contributed by atoms with E-state index in [1.807, 2.05) is 13.8 Å². The maximum Gasteiger partial charge on any atom is 0.338 e. The van der Waals surface area contributed by atoms with Crippen molar-refractivity contribution in [3.05, 3.63) is 48.0 Å². The van der Waals surface area contributed by atoms with Crippen LogP contribution in [0.2, 0.25) is 0 Å². The lowest BCUT2D eigenvalue weighted by molar-refractivity contribution is -0.140. The van der Waals surface area contributed by atoms with Crippen LogP contribution in [-0.2, 0) is 19.6 Å². The number of esters is 1. The molecular formula is C24H28N2O7S. The summed E-state index contributed by atoms with van der Waals surface area (Å²) >= 11 is 0. The fourth-order valence-corrected chi connectivity index (χ4v) is 5.35. The Labute approximate surface area is 199 Å². The molecule has 2 aliphatic heterocycles. The summed E-state index contributed by atoms with van der Waals surface area (Å²) in [5, 5.41) is 0. The van der Waals surface area contributed by atoms with E-state index in [0.29, 0.717) is 24.7 Å². The van der Waals surface area contributed by atoms with Gasteiger partial charge in [0.1, 0.15) is 13.2 Å². The number of benzene rings is 2. The van der Waals surface area contributed by atoms with Crippen LogP contribution >= 0.6 is 0 Å². The number of likely N-dealkylation sites (tertiary alicyclic amines) is 1. The van der Waals surface area contributed by atoms with E-state index >= 15 is 0 Å². The molecule has 1 N–H and O–H groups in total. The lowest BCUT2D eigenvalue weighted by Gasteiger charge is -2.38. The summed E-state index contributed by atoms with van der Waals surface area (Å²) in [6.07, 6.45) is 2.96. The molecule has 0 spiro atoms. The topological polar surface area (TPSA) is 111 Å². The minimum Gasteiger partial charge on any atom is -0.486 e. The molecule has 9 nitrogen and oxygen atoms in total. The van der Waals surface area contributed by atoms with Crippen LogP contribution < -0.4 is 14.2 Å². The summed E-state index contributed by atoms with van der Waals surface area (Å²) in [7, 11) is -3.88. The number of anilines is 1. The average Bonchev–Trinajstić information content (AvgIpc) is 2.82. The molecule has 182 valence electrons. The van der Waals surface area contributed by atoms with Crippen molar-refractivity contribution in [2.75, 3.05) is 24.5 Å². The predicted octanol–water partition coefficient (Wildman–Crippen LogP) is 3.20. The lowest BCUT2D eigenvalue weighted by atomic mass is 9.97. The molecule has 1 fully saturated rings. The zero-order valence-electron chi connectivity index (χ0n) is 19.2. The van der Waals surface area contributed by atoms with Gasteiger partial charge in [-0.05, 0) is 69.5 Å². The standard InChI is InChI=1S/C24H28N2O7S/c1-16-4-3-5-17(2)26(16)23(27)15-33-24(28)18-6-8-19(9-7-18)25-34(29,30)20-10-11-21-22(14-20)32-13-12-31-21/h6-11,14,16-17,25H,3-5,12-13,15H2,1-2H3. The monoisotopic (exact) mass is 488 g/mol. The van der Waals surface area contributed by atoms with Gasteiger partial charge in [-0.3, -0.25) is 9.52 Å². The van der Waals surface area contributed by atoms with Crippen molar-refractivity contribution in [3.63, 3.8) is 0 Å². The summed E-state index contributed by atoms with van der Waals surface area (Å²) in [5.74, 6) is 0.00891. The van der Waals surface area contributed by atoms with Crippen LogP contribution in [0, 0.1) is 0 Å². The van der Waals surface area contributed by atoms with E-state index in [4.69, 9.17) is 14.2 Å². The first-order chi connectivity index (χ1) is 16.2. The quantitative estimate of drug-likeness (QED) is 0.622. The number of hydrogen-bond donors (Lipinski definition) is 1. The maximum atomic E-state index is 12.7. The lowest BCUT2D eigenvalue weighted by Crippen LogP contribution is -2.49. The first kappa shape index (κ1) is 23.9. The van der Waals surface area contributed by atoms with E-state index in [2.05, 4.69) is 4.72 Å². The van der Waals surface area contributed by atoms with Gasteiger partial charge in [-0.25, -0.2) is 13.2 Å². The van der Waals surface area contributed by atoms with Gasteiger partial charge in [-0.15, -0.1) is 0 Å². The van der Waals surface area contributed by atoms with E-state index < -0.39 is 16.0 Å². The Bertz CT molecular complexity index is 1150. The number of nitrogens with zero attached hydrogens (tertiary/aromatic N) is 1. The first-order valence-corrected chi connectivity index (χ1v) is 12.7. The summed E-state index contributed by atoms with van der Waals surface area (Å²) in [6, 6.07) is 10.4. The molecule has 0 aliphatic carbocycles. The minimum absolute atomic E-state index is 0.0277. The van der Waals surface area contributed by atoms with E-state index in [0.717, 1.165) is 19.3 Å². The minimum atomic E-state index is -3.88. The highest BCUT2D eigenvalue weighted by molar-refractivity contribution is 7.92. The highest BCUT2D eigenvalue weighted by Crippen LogP contribution is 2.32. The molecule has 0 aromatic heterocycles. The van der Waals surface area contributed by atoms with Gasteiger partial charge in [-0.1, -0.05) is 0 Å². The third-order valence-corrected chi connectivity index (χ3v) is 7.38. The second kappa shape index (κ2) is 9.92. The number of piperidine rings is 1. The molecule has 2 heterocycles. The van der Waals surface area contributed by atoms with Crippen molar-refractivity contribution in [2.24, 2.45) is 0 Å². The zero-order valence-corrected chi connectivity index (χ0v) is 20.0. The molecule has 0 saturated carbocycles. The third-order valence-electron chi connectivity index (χ3n) is 6.01. The molecule has 2 unspecified atom stereocenters. The van der Waals surface area contributed by atoms with Crippen LogP contribution in [0.1, 0.15) is 43.5 Å². The molecule has 0 bridgehead atoms. The fourth-order valence-electron chi connectivity index (χ4n) is 4.28. The van der Waals surface area contributed by atoms with Gasteiger partial charge >= 0.3 is 5.97 Å². The second-order valence-corrected chi connectivity index (χ2v) is 10.2. The van der Waals surface area contributed by atoms with Gasteiger partial charge in [0.05, 0.1) is 10.5 Å². The first-order valence-electron chi connectivity index (χ1n) is 11.3. The van der Waals surface area contributed by atoms with Crippen LogP contribution in [0.5, 0.6) is 11.5 Å². The van der Waals surface area contributed by atoms with Crippen molar-refractivity contribution >= 4 is 27.6 Å². The van der Waals surface area contributed by atoms with Crippen molar-refractivity contribution < 1.29 is 32.2 Å². The van der Waals surface area contributed by atoms with E-state index in [1.54, 1.807) is 11.0 Å². The number of hydrogen-bond acceptors (Lipinski definition) is 7. The second-order valence-electron chi connectivity index (χ2n) is 8.49. The molecule has 4 rings (SSSR count). The van der Waals surface area contributed by atoms with Gasteiger partial charge in [-0.2, -0.15) is 0 Å². The van der Waals surface area contributed by atoms with Crippen molar-refractivity contribution in [1.29, 1.82) is 0 Å².